The van der Waals surface area contributed by atoms with Gasteiger partial charge in [-0.15, -0.1) is 5.10 Å². The van der Waals surface area contributed by atoms with Crippen molar-refractivity contribution in [3.63, 3.8) is 0 Å². The SMILES string of the molecule is OC(O)c1ncn(-c2ccccc2)n1. The van der Waals surface area contributed by atoms with Crippen LogP contribution in [0.2, 0.25) is 0 Å². The van der Waals surface area contributed by atoms with Crippen LogP contribution in [0.3, 0.4) is 0 Å². The molecule has 5 heteroatoms. The zero-order chi connectivity index (χ0) is 9.97. The lowest BCUT2D eigenvalue weighted by atomic mass is 10.3. The van der Waals surface area contributed by atoms with Gasteiger partial charge >= 0.3 is 0 Å². The minimum Gasteiger partial charge on any atom is -0.362 e. The second kappa shape index (κ2) is 3.57. The van der Waals surface area contributed by atoms with Gasteiger partial charge in [0.15, 0.2) is 0 Å². The molecule has 2 rings (SSSR count). The number of para-hydroxylation sites is 1. The minimum absolute atomic E-state index is 0.00569. The summed E-state index contributed by atoms with van der Waals surface area (Å²) in [6, 6.07) is 9.32. The summed E-state index contributed by atoms with van der Waals surface area (Å²) in [6.45, 7) is 0. The van der Waals surface area contributed by atoms with Gasteiger partial charge in [-0.2, -0.15) is 0 Å². The Balaban J connectivity index is 2.34. The molecule has 0 radical (unpaired) electrons. The fourth-order valence-corrected chi connectivity index (χ4v) is 1.10. The topological polar surface area (TPSA) is 71.2 Å². The van der Waals surface area contributed by atoms with Crippen LogP contribution in [0.1, 0.15) is 12.1 Å². The van der Waals surface area contributed by atoms with Crippen LogP contribution in [0.5, 0.6) is 0 Å². The number of hydrogen-bond acceptors (Lipinski definition) is 4. The van der Waals surface area contributed by atoms with E-state index in [1.165, 1.54) is 11.0 Å². The number of nitrogens with zero attached hydrogens (tertiary/aromatic N) is 3. The Morgan fingerprint density at radius 2 is 1.86 bits per heavy atom. The van der Waals surface area contributed by atoms with E-state index in [0.717, 1.165) is 5.69 Å². The predicted octanol–water partition coefficient (Wildman–Crippen LogP) is 0.251. The molecule has 1 heterocycles. The third-order valence-electron chi connectivity index (χ3n) is 1.76. The van der Waals surface area contributed by atoms with Crippen molar-refractivity contribution >= 4 is 0 Å². The van der Waals surface area contributed by atoms with Gasteiger partial charge in [-0.3, -0.25) is 0 Å². The molecule has 0 aliphatic rings. The maximum Gasteiger partial charge on any atom is 0.216 e. The van der Waals surface area contributed by atoms with Gasteiger partial charge in [0.1, 0.15) is 6.33 Å². The highest BCUT2D eigenvalue weighted by atomic mass is 16.5. The molecule has 1 aromatic carbocycles. The number of aromatic nitrogens is 3. The molecular weight excluding hydrogens is 182 g/mol. The van der Waals surface area contributed by atoms with Crippen molar-refractivity contribution in [2.75, 3.05) is 0 Å². The van der Waals surface area contributed by atoms with E-state index in [-0.39, 0.29) is 5.82 Å². The molecule has 0 amide bonds. The van der Waals surface area contributed by atoms with Gasteiger partial charge in [0.2, 0.25) is 12.1 Å². The highest BCUT2D eigenvalue weighted by Crippen LogP contribution is 2.07. The van der Waals surface area contributed by atoms with Crippen molar-refractivity contribution < 1.29 is 10.2 Å². The Labute approximate surface area is 80.3 Å². The molecular formula is C9H9N3O2. The minimum atomic E-state index is -1.63. The van der Waals surface area contributed by atoms with Crippen molar-refractivity contribution in [3.8, 4) is 5.69 Å². The zero-order valence-corrected chi connectivity index (χ0v) is 7.28. The van der Waals surface area contributed by atoms with Gasteiger partial charge < -0.3 is 10.2 Å². The summed E-state index contributed by atoms with van der Waals surface area (Å²) in [6.07, 6.45) is -0.190. The van der Waals surface area contributed by atoms with Crippen molar-refractivity contribution in [1.82, 2.24) is 14.8 Å². The van der Waals surface area contributed by atoms with Gasteiger partial charge in [0.05, 0.1) is 5.69 Å². The molecule has 0 saturated carbocycles. The Kier molecular flexibility index (Phi) is 2.26. The quantitative estimate of drug-likeness (QED) is 0.667. The fourth-order valence-electron chi connectivity index (χ4n) is 1.10. The summed E-state index contributed by atoms with van der Waals surface area (Å²) in [4.78, 5) is 3.74. The molecule has 14 heavy (non-hydrogen) atoms. The second-order valence-electron chi connectivity index (χ2n) is 2.76. The Morgan fingerprint density at radius 1 is 1.14 bits per heavy atom. The highest BCUT2D eigenvalue weighted by molar-refractivity contribution is 5.29. The number of rotatable bonds is 2. The average Bonchev–Trinajstić information content (AvgIpc) is 2.68. The smallest absolute Gasteiger partial charge is 0.216 e. The van der Waals surface area contributed by atoms with Crippen molar-refractivity contribution in [1.29, 1.82) is 0 Å². The summed E-state index contributed by atoms with van der Waals surface area (Å²) in [5.41, 5.74) is 0.826. The number of aliphatic hydroxyl groups is 2. The number of aliphatic hydroxyl groups excluding tert-OH is 1. The van der Waals surface area contributed by atoms with Crippen LogP contribution in [0.4, 0.5) is 0 Å². The molecule has 0 saturated heterocycles. The molecule has 0 fully saturated rings. The Bertz CT molecular complexity index is 411. The zero-order valence-electron chi connectivity index (χ0n) is 7.28. The van der Waals surface area contributed by atoms with Crippen LogP contribution in [0.25, 0.3) is 5.69 Å². The van der Waals surface area contributed by atoms with Crippen LogP contribution in [0.15, 0.2) is 36.7 Å². The van der Waals surface area contributed by atoms with E-state index in [0.29, 0.717) is 0 Å². The predicted molar refractivity (Wildman–Crippen MR) is 48.5 cm³/mol. The van der Waals surface area contributed by atoms with E-state index < -0.39 is 6.29 Å². The Hall–Kier alpha value is -1.72. The molecule has 2 aromatic rings. The monoisotopic (exact) mass is 191 g/mol. The van der Waals surface area contributed by atoms with E-state index in [9.17, 15) is 0 Å². The van der Waals surface area contributed by atoms with E-state index in [2.05, 4.69) is 10.1 Å². The first-order valence-electron chi connectivity index (χ1n) is 4.10. The van der Waals surface area contributed by atoms with Crippen molar-refractivity contribution in [2.24, 2.45) is 0 Å². The van der Waals surface area contributed by atoms with E-state index in [4.69, 9.17) is 10.2 Å². The van der Waals surface area contributed by atoms with Crippen molar-refractivity contribution in [2.45, 2.75) is 6.29 Å². The van der Waals surface area contributed by atoms with Crippen LogP contribution in [-0.2, 0) is 0 Å². The molecule has 72 valence electrons. The van der Waals surface area contributed by atoms with Crippen LogP contribution in [-0.4, -0.2) is 25.0 Å². The third-order valence-corrected chi connectivity index (χ3v) is 1.76. The molecule has 0 bridgehead atoms. The molecule has 0 atom stereocenters. The van der Waals surface area contributed by atoms with Gasteiger partial charge in [-0.1, -0.05) is 18.2 Å². The van der Waals surface area contributed by atoms with Gasteiger partial charge in [0.25, 0.3) is 0 Å². The highest BCUT2D eigenvalue weighted by Gasteiger charge is 2.08. The first-order valence-corrected chi connectivity index (χ1v) is 4.10. The number of hydrogen-bond donors (Lipinski definition) is 2. The van der Waals surface area contributed by atoms with Gasteiger partial charge in [-0.05, 0) is 12.1 Å². The van der Waals surface area contributed by atoms with E-state index in [1.54, 1.807) is 0 Å². The molecule has 0 spiro atoms. The average molecular weight is 191 g/mol. The maximum absolute atomic E-state index is 8.80. The first-order chi connectivity index (χ1) is 6.77. The molecule has 0 aliphatic heterocycles. The number of benzene rings is 1. The van der Waals surface area contributed by atoms with E-state index in [1.807, 2.05) is 30.3 Å². The fraction of sp³-hybridized carbons (Fsp3) is 0.111. The van der Waals surface area contributed by atoms with Crippen molar-refractivity contribution in [3.05, 3.63) is 42.5 Å². The summed E-state index contributed by atoms with van der Waals surface area (Å²) in [5.74, 6) is -0.00569. The molecule has 0 unspecified atom stereocenters. The second-order valence-corrected chi connectivity index (χ2v) is 2.76. The third kappa shape index (κ3) is 1.63. The summed E-state index contributed by atoms with van der Waals surface area (Å²) >= 11 is 0. The lowest BCUT2D eigenvalue weighted by molar-refractivity contribution is -0.0493. The van der Waals surface area contributed by atoms with Crippen LogP contribution >= 0.6 is 0 Å². The Morgan fingerprint density at radius 3 is 2.43 bits per heavy atom. The molecule has 2 N–H and O–H groups in total. The first kappa shape index (κ1) is 8.86. The molecule has 5 nitrogen and oxygen atoms in total. The summed E-state index contributed by atoms with van der Waals surface area (Å²) < 4.78 is 1.48. The van der Waals surface area contributed by atoms with Crippen LogP contribution < -0.4 is 0 Å². The van der Waals surface area contributed by atoms with Gasteiger partial charge in [-0.25, -0.2) is 9.67 Å². The van der Waals surface area contributed by atoms with E-state index >= 15 is 0 Å². The lowest BCUT2D eigenvalue weighted by Gasteiger charge is -1.98. The molecule has 0 aliphatic carbocycles. The molecule has 1 aromatic heterocycles. The summed E-state index contributed by atoms with van der Waals surface area (Å²) in [5, 5.41) is 21.5. The largest absolute Gasteiger partial charge is 0.362 e. The summed E-state index contributed by atoms with van der Waals surface area (Å²) in [7, 11) is 0. The lowest BCUT2D eigenvalue weighted by Crippen LogP contribution is -2.00. The van der Waals surface area contributed by atoms with Crippen LogP contribution in [0, 0.1) is 0 Å². The normalized spacial score (nSPS) is 10.8. The maximum atomic E-state index is 8.80. The van der Waals surface area contributed by atoms with Gasteiger partial charge in [0, 0.05) is 0 Å². The standard InChI is InChI=1S/C9H9N3O2/c13-9(14)8-10-6-12(11-8)7-4-2-1-3-5-7/h1-6,9,13-14H.